The number of morpholine rings is 1. The molecule has 11 nitrogen and oxygen atoms in total. The molecular weight excluding hydrogens is 422 g/mol. The number of nitrogens with two attached hydrogens (primary N) is 1. The van der Waals surface area contributed by atoms with E-state index in [4.69, 9.17) is 25.7 Å². The Morgan fingerprint density at radius 3 is 2.73 bits per heavy atom. The smallest absolute Gasteiger partial charge is 0.225 e. The van der Waals surface area contributed by atoms with Crippen molar-refractivity contribution >= 4 is 22.6 Å². The molecule has 3 aromatic rings. The summed E-state index contributed by atoms with van der Waals surface area (Å²) in [5.74, 6) is 1.50. The van der Waals surface area contributed by atoms with Crippen LogP contribution < -0.4 is 15.4 Å². The van der Waals surface area contributed by atoms with Crippen molar-refractivity contribution in [3.63, 3.8) is 0 Å². The highest BCUT2D eigenvalue weighted by Gasteiger charge is 2.25. The summed E-state index contributed by atoms with van der Waals surface area (Å²) in [7, 11) is 0. The van der Waals surface area contributed by atoms with E-state index < -0.39 is 0 Å². The van der Waals surface area contributed by atoms with E-state index in [1.54, 1.807) is 6.20 Å². The lowest BCUT2D eigenvalue weighted by molar-refractivity contribution is 0.121. The van der Waals surface area contributed by atoms with Gasteiger partial charge in [0.05, 0.1) is 30.4 Å². The van der Waals surface area contributed by atoms with Crippen LogP contribution in [-0.2, 0) is 4.74 Å². The Morgan fingerprint density at radius 2 is 2.00 bits per heavy atom. The molecule has 3 aromatic heterocycles. The monoisotopic (exact) mass is 449 g/mol. The van der Waals surface area contributed by atoms with Gasteiger partial charge in [-0.3, -0.25) is 4.98 Å². The van der Waals surface area contributed by atoms with Crippen molar-refractivity contribution in [1.29, 1.82) is 5.53 Å². The van der Waals surface area contributed by atoms with Crippen LogP contribution in [0.4, 0.5) is 5.82 Å². The standard InChI is InChI=1S/C22H27N9O2/c23-21(28-29-24)15-11-18-19(26-13-15)12-20(30-7-9-32-10-8-30)27-22(18)33-17-3-1-16(2-4-17)31-6-5-25-14-31/h5-6,11-14,16-17H,1-4,7-10H2,(H3,23,24,28). The molecule has 0 bridgehead atoms. The van der Waals surface area contributed by atoms with Gasteiger partial charge in [0.25, 0.3) is 0 Å². The van der Waals surface area contributed by atoms with Crippen LogP contribution in [0, 0.1) is 5.53 Å². The maximum Gasteiger partial charge on any atom is 0.225 e. The van der Waals surface area contributed by atoms with Gasteiger partial charge in [-0.1, -0.05) is 5.22 Å². The third-order valence-corrected chi connectivity index (χ3v) is 6.29. The van der Waals surface area contributed by atoms with E-state index in [1.807, 2.05) is 30.9 Å². The molecular formula is C22H27N9O2. The number of pyridine rings is 2. The maximum atomic E-state index is 6.95. The molecule has 1 aliphatic heterocycles. The lowest BCUT2D eigenvalue weighted by Gasteiger charge is -2.31. The lowest BCUT2D eigenvalue weighted by atomic mass is 9.93. The summed E-state index contributed by atoms with van der Waals surface area (Å²) in [5.41, 5.74) is 14.2. The molecule has 0 unspecified atom stereocenters. The van der Waals surface area contributed by atoms with E-state index >= 15 is 0 Å². The number of fused-ring (bicyclic) bond motifs is 1. The molecule has 2 fully saturated rings. The minimum Gasteiger partial charge on any atom is -0.474 e. The first-order chi connectivity index (χ1) is 16.2. The lowest BCUT2D eigenvalue weighted by Crippen LogP contribution is -2.36. The molecule has 2 aliphatic rings. The minimum absolute atomic E-state index is 0.0679. The van der Waals surface area contributed by atoms with Gasteiger partial charge in [-0.2, -0.15) is 10.5 Å². The average Bonchev–Trinajstić information content (AvgIpc) is 3.40. The van der Waals surface area contributed by atoms with Gasteiger partial charge >= 0.3 is 0 Å². The first-order valence-corrected chi connectivity index (χ1v) is 11.2. The van der Waals surface area contributed by atoms with Crippen LogP contribution in [0.1, 0.15) is 37.3 Å². The van der Waals surface area contributed by atoms with E-state index in [2.05, 4.69) is 29.8 Å². The maximum absolute atomic E-state index is 6.95. The van der Waals surface area contributed by atoms with Crippen molar-refractivity contribution < 1.29 is 9.47 Å². The van der Waals surface area contributed by atoms with E-state index in [-0.39, 0.29) is 11.9 Å². The summed E-state index contributed by atoms with van der Waals surface area (Å²) in [4.78, 5) is 15.8. The van der Waals surface area contributed by atoms with Crippen molar-refractivity contribution in [2.45, 2.75) is 37.8 Å². The number of aromatic nitrogens is 4. The predicted molar refractivity (Wildman–Crippen MR) is 123 cm³/mol. The van der Waals surface area contributed by atoms with Crippen LogP contribution in [0.15, 0.2) is 47.4 Å². The molecule has 0 amide bonds. The topological polar surface area (TPSA) is 140 Å². The molecule has 33 heavy (non-hydrogen) atoms. The fourth-order valence-corrected chi connectivity index (χ4v) is 4.48. The normalized spacial score (nSPS) is 21.8. The summed E-state index contributed by atoms with van der Waals surface area (Å²) in [6.07, 6.45) is 11.3. The highest BCUT2D eigenvalue weighted by Crippen LogP contribution is 2.34. The molecule has 1 saturated heterocycles. The van der Waals surface area contributed by atoms with E-state index in [0.29, 0.717) is 30.7 Å². The first-order valence-electron chi connectivity index (χ1n) is 11.2. The van der Waals surface area contributed by atoms with Crippen LogP contribution in [0.25, 0.3) is 10.9 Å². The Kier molecular flexibility index (Phi) is 6.11. The second kappa shape index (κ2) is 9.49. The van der Waals surface area contributed by atoms with Gasteiger partial charge in [-0.25, -0.2) is 4.98 Å². The van der Waals surface area contributed by atoms with Crippen LogP contribution in [0.2, 0.25) is 0 Å². The van der Waals surface area contributed by atoms with Gasteiger partial charge in [0.15, 0.2) is 5.84 Å². The quantitative estimate of drug-likeness (QED) is 0.255. The van der Waals surface area contributed by atoms with Gasteiger partial charge in [0, 0.05) is 49.4 Å². The number of anilines is 1. The Labute approximate surface area is 191 Å². The third-order valence-electron chi connectivity index (χ3n) is 6.29. The Bertz CT molecular complexity index is 1130. The molecule has 0 atom stereocenters. The number of nitrogens with one attached hydrogen (secondary N) is 1. The Morgan fingerprint density at radius 1 is 1.18 bits per heavy atom. The first kappa shape index (κ1) is 21.3. The van der Waals surface area contributed by atoms with Gasteiger partial charge in [0.2, 0.25) is 5.88 Å². The molecule has 4 heterocycles. The third kappa shape index (κ3) is 4.63. The zero-order valence-corrected chi connectivity index (χ0v) is 18.3. The number of nitrogens with zero attached hydrogens (tertiary/aromatic N) is 7. The summed E-state index contributed by atoms with van der Waals surface area (Å²) < 4.78 is 14.2. The molecule has 1 aliphatic carbocycles. The van der Waals surface area contributed by atoms with Crippen LogP contribution in [-0.4, -0.2) is 57.8 Å². The van der Waals surface area contributed by atoms with Crippen LogP contribution in [0.5, 0.6) is 5.88 Å². The molecule has 0 radical (unpaired) electrons. The second-order valence-electron chi connectivity index (χ2n) is 8.32. The molecule has 0 spiro atoms. The average molecular weight is 450 g/mol. The SMILES string of the molecule is N=NN=C(N)c1cnc2cc(N3CCOCC3)nc(OC3CCC(n4ccnc4)CC3)c2c1. The van der Waals surface area contributed by atoms with Gasteiger partial charge < -0.3 is 24.7 Å². The summed E-state index contributed by atoms with van der Waals surface area (Å²) in [6.45, 7) is 2.89. The Balaban J connectivity index is 1.44. The molecule has 3 N–H and O–H groups in total. The summed E-state index contributed by atoms with van der Waals surface area (Å²) in [6, 6.07) is 4.28. The molecule has 172 valence electrons. The molecule has 11 heteroatoms. The van der Waals surface area contributed by atoms with Crippen molar-refractivity contribution in [2.75, 3.05) is 31.2 Å². The fraction of sp³-hybridized carbons (Fsp3) is 0.455. The fourth-order valence-electron chi connectivity index (χ4n) is 4.48. The number of hydrogen-bond acceptors (Lipinski definition) is 8. The van der Waals surface area contributed by atoms with E-state index in [1.165, 1.54) is 0 Å². The van der Waals surface area contributed by atoms with Crippen molar-refractivity contribution in [3.8, 4) is 5.88 Å². The summed E-state index contributed by atoms with van der Waals surface area (Å²) in [5, 5.41) is 7.42. The predicted octanol–water partition coefficient (Wildman–Crippen LogP) is 2.88. The zero-order chi connectivity index (χ0) is 22.6. The molecule has 1 saturated carbocycles. The van der Waals surface area contributed by atoms with Gasteiger partial charge in [-0.05, 0) is 31.7 Å². The van der Waals surface area contributed by atoms with Crippen molar-refractivity contribution in [2.24, 2.45) is 16.1 Å². The zero-order valence-electron chi connectivity index (χ0n) is 18.3. The molecule has 5 rings (SSSR count). The number of hydrogen-bond donors (Lipinski definition) is 2. The highest BCUT2D eigenvalue weighted by atomic mass is 16.5. The Hall–Kier alpha value is -3.60. The van der Waals surface area contributed by atoms with Crippen molar-refractivity contribution in [3.05, 3.63) is 42.6 Å². The number of ether oxygens (including phenoxy) is 2. The van der Waals surface area contributed by atoms with Gasteiger partial charge in [-0.15, -0.1) is 5.10 Å². The van der Waals surface area contributed by atoms with Crippen LogP contribution in [0.3, 0.4) is 0 Å². The highest BCUT2D eigenvalue weighted by molar-refractivity contribution is 6.00. The van der Waals surface area contributed by atoms with Crippen molar-refractivity contribution in [1.82, 2.24) is 19.5 Å². The van der Waals surface area contributed by atoms with Gasteiger partial charge in [0.1, 0.15) is 11.9 Å². The number of amidine groups is 1. The largest absolute Gasteiger partial charge is 0.474 e. The summed E-state index contributed by atoms with van der Waals surface area (Å²) >= 11 is 0. The van der Waals surface area contributed by atoms with E-state index in [9.17, 15) is 0 Å². The number of rotatable bonds is 6. The van der Waals surface area contributed by atoms with E-state index in [0.717, 1.165) is 55.5 Å². The number of imidazole rings is 1. The second-order valence-corrected chi connectivity index (χ2v) is 8.32. The minimum atomic E-state index is 0.0679. The van der Waals surface area contributed by atoms with Crippen LogP contribution >= 0.6 is 0 Å². The molecule has 0 aromatic carbocycles.